The molecule has 0 saturated heterocycles. The maximum atomic E-state index is 11.4. The fourth-order valence-electron chi connectivity index (χ4n) is 2.63. The topological polar surface area (TPSA) is 124 Å². The number of aliphatic carboxylic acids is 2. The summed E-state index contributed by atoms with van der Waals surface area (Å²) in [7, 11) is 0. The van der Waals surface area contributed by atoms with E-state index in [9.17, 15) is 19.5 Å². The van der Waals surface area contributed by atoms with Gasteiger partial charge >= 0.3 is 17.8 Å². The van der Waals surface area contributed by atoms with Crippen molar-refractivity contribution in [3.05, 3.63) is 58.1 Å². The summed E-state index contributed by atoms with van der Waals surface area (Å²) < 4.78 is 0. The number of benzene rings is 2. The summed E-state index contributed by atoms with van der Waals surface area (Å²) in [6.07, 6.45) is -1.94. The summed E-state index contributed by atoms with van der Waals surface area (Å²) in [6, 6.07) is 11.2. The molecule has 2 rings (SSSR count). The molecule has 0 aromatic heterocycles. The van der Waals surface area contributed by atoms with Gasteiger partial charge in [0.1, 0.15) is 0 Å². The minimum Gasteiger partial charge on any atom is -0.479 e. The first-order valence-corrected chi connectivity index (χ1v) is 8.92. The second kappa shape index (κ2) is 9.54. The number of aliphatic hydroxyl groups excluding tert-OH is 1. The zero-order valence-corrected chi connectivity index (χ0v) is 15.9. The van der Waals surface area contributed by atoms with Crippen LogP contribution in [0, 0.1) is 0 Å². The van der Waals surface area contributed by atoms with Crippen molar-refractivity contribution < 1.29 is 29.7 Å². The first-order chi connectivity index (χ1) is 13.2. The van der Waals surface area contributed by atoms with Crippen LogP contribution in [-0.4, -0.2) is 45.3 Å². The van der Waals surface area contributed by atoms with Crippen LogP contribution in [-0.2, 0) is 20.8 Å². The van der Waals surface area contributed by atoms with Crippen LogP contribution in [0.3, 0.4) is 0 Å². The van der Waals surface area contributed by atoms with E-state index >= 15 is 0 Å². The Morgan fingerprint density at radius 2 is 1.64 bits per heavy atom. The van der Waals surface area contributed by atoms with E-state index in [4.69, 9.17) is 33.4 Å². The van der Waals surface area contributed by atoms with Crippen LogP contribution in [0.5, 0.6) is 0 Å². The van der Waals surface area contributed by atoms with Crippen molar-refractivity contribution >= 4 is 41.0 Å². The van der Waals surface area contributed by atoms with Crippen molar-refractivity contribution in [2.45, 2.75) is 25.0 Å². The Kier molecular flexibility index (Phi) is 7.39. The molecule has 9 heteroatoms. The third kappa shape index (κ3) is 5.95. The number of halogens is 2. The summed E-state index contributed by atoms with van der Waals surface area (Å²) in [4.78, 5) is 33.1. The lowest BCUT2D eigenvalue weighted by Gasteiger charge is -2.19. The van der Waals surface area contributed by atoms with Crippen molar-refractivity contribution in [1.82, 2.24) is 5.32 Å². The Morgan fingerprint density at radius 1 is 1.00 bits per heavy atom. The molecular weight excluding hydrogens is 409 g/mol. The molecular formula is C19H17Cl2NO6. The van der Waals surface area contributed by atoms with E-state index in [1.54, 1.807) is 42.5 Å². The molecule has 2 aromatic carbocycles. The third-order valence-corrected chi connectivity index (χ3v) is 4.56. The normalized spacial score (nSPS) is 12.8. The van der Waals surface area contributed by atoms with Gasteiger partial charge in [0.05, 0.1) is 0 Å². The van der Waals surface area contributed by atoms with Gasteiger partial charge in [-0.1, -0.05) is 47.5 Å². The molecule has 0 saturated carbocycles. The predicted molar refractivity (Wildman–Crippen MR) is 103 cm³/mol. The molecule has 0 heterocycles. The van der Waals surface area contributed by atoms with Crippen LogP contribution in [0.4, 0.5) is 0 Å². The van der Waals surface area contributed by atoms with Gasteiger partial charge in [-0.3, -0.25) is 4.79 Å². The summed E-state index contributed by atoms with van der Waals surface area (Å²) in [5.74, 6) is -4.42. The number of carboxylic acids is 2. The number of hydrogen-bond acceptors (Lipinski definition) is 4. The Morgan fingerprint density at radius 3 is 2.21 bits per heavy atom. The lowest BCUT2D eigenvalue weighted by atomic mass is 9.97. The maximum absolute atomic E-state index is 11.4. The molecule has 0 fully saturated rings. The van der Waals surface area contributed by atoms with Crippen LogP contribution in [0.15, 0.2) is 42.5 Å². The first-order valence-electron chi connectivity index (χ1n) is 8.16. The summed E-state index contributed by atoms with van der Waals surface area (Å²) in [6.45, 7) is 0. The number of carbonyl (C=O) groups excluding carboxylic acids is 1. The van der Waals surface area contributed by atoms with E-state index in [0.29, 0.717) is 15.6 Å². The lowest BCUT2D eigenvalue weighted by Crippen LogP contribution is -2.43. The minimum atomic E-state index is -1.73. The summed E-state index contributed by atoms with van der Waals surface area (Å²) >= 11 is 12.2. The van der Waals surface area contributed by atoms with Crippen LogP contribution in [0.2, 0.25) is 10.0 Å². The monoisotopic (exact) mass is 425 g/mol. The van der Waals surface area contributed by atoms with Gasteiger partial charge in [-0.05, 0) is 35.7 Å². The van der Waals surface area contributed by atoms with E-state index in [-0.39, 0.29) is 12.8 Å². The van der Waals surface area contributed by atoms with E-state index in [2.05, 4.69) is 5.32 Å². The number of aliphatic hydroxyl groups is 1. The molecule has 0 aliphatic heterocycles. The summed E-state index contributed by atoms with van der Waals surface area (Å²) in [5, 5.41) is 30.4. The van der Waals surface area contributed by atoms with Crippen LogP contribution in [0.25, 0.3) is 11.1 Å². The number of amides is 1. The molecule has 0 bridgehead atoms. The standard InChI is InChI=1S/C19H17Cl2NO6/c20-12-5-6-15(21)14(8-12)11-3-1-10(2-4-11)7-13(9-16(23)18(25)26)22-17(24)19(27)28/h1-6,8,13,16,23H,7,9H2,(H,22,24)(H,25,26)(H,27,28)/t13-,16?/m1/s1. The third-order valence-electron chi connectivity index (χ3n) is 4.00. The largest absolute Gasteiger partial charge is 0.479 e. The molecule has 4 N–H and O–H groups in total. The van der Waals surface area contributed by atoms with Gasteiger partial charge in [-0.2, -0.15) is 0 Å². The van der Waals surface area contributed by atoms with Crippen molar-refractivity contribution in [1.29, 1.82) is 0 Å². The lowest BCUT2D eigenvalue weighted by molar-refractivity contribution is -0.151. The van der Waals surface area contributed by atoms with E-state index < -0.39 is 30.0 Å². The summed E-state index contributed by atoms with van der Waals surface area (Å²) in [5.41, 5.74) is 2.24. The maximum Gasteiger partial charge on any atom is 0.394 e. The van der Waals surface area contributed by atoms with E-state index in [1.165, 1.54) is 0 Å². The average Bonchev–Trinajstić information content (AvgIpc) is 2.64. The molecule has 28 heavy (non-hydrogen) atoms. The number of carbonyl (C=O) groups is 3. The molecule has 0 radical (unpaired) electrons. The molecule has 7 nitrogen and oxygen atoms in total. The molecule has 0 spiro atoms. The highest BCUT2D eigenvalue weighted by molar-refractivity contribution is 6.35. The quantitative estimate of drug-likeness (QED) is 0.505. The van der Waals surface area contributed by atoms with Gasteiger partial charge < -0.3 is 20.6 Å². The second-order valence-corrected chi connectivity index (χ2v) is 6.93. The molecule has 1 unspecified atom stereocenters. The van der Waals surface area contributed by atoms with E-state index in [1.807, 2.05) is 0 Å². The molecule has 0 aliphatic rings. The van der Waals surface area contributed by atoms with Gasteiger partial charge in [-0.15, -0.1) is 0 Å². The van der Waals surface area contributed by atoms with Crippen molar-refractivity contribution in [3.8, 4) is 11.1 Å². The highest BCUT2D eigenvalue weighted by Gasteiger charge is 2.24. The van der Waals surface area contributed by atoms with Crippen molar-refractivity contribution in [2.24, 2.45) is 0 Å². The number of nitrogens with one attached hydrogen (secondary N) is 1. The fraction of sp³-hybridized carbons (Fsp3) is 0.211. The highest BCUT2D eigenvalue weighted by Crippen LogP contribution is 2.30. The van der Waals surface area contributed by atoms with Crippen LogP contribution in [0.1, 0.15) is 12.0 Å². The molecule has 1 amide bonds. The minimum absolute atomic E-state index is 0.132. The van der Waals surface area contributed by atoms with Gasteiger partial charge in [0, 0.05) is 28.1 Å². The van der Waals surface area contributed by atoms with Crippen molar-refractivity contribution in [3.63, 3.8) is 0 Å². The fourth-order valence-corrected chi connectivity index (χ4v) is 3.03. The Balaban J connectivity index is 2.19. The molecule has 0 aliphatic carbocycles. The smallest absolute Gasteiger partial charge is 0.394 e. The molecule has 2 atom stereocenters. The Hall–Kier alpha value is -2.61. The number of hydrogen-bond donors (Lipinski definition) is 4. The molecule has 148 valence electrons. The zero-order chi connectivity index (χ0) is 20.8. The van der Waals surface area contributed by atoms with Gasteiger partial charge in [0.15, 0.2) is 6.10 Å². The Bertz CT molecular complexity index is 884. The molecule has 2 aromatic rings. The van der Waals surface area contributed by atoms with E-state index in [0.717, 1.165) is 11.1 Å². The predicted octanol–water partition coefficient (Wildman–Crippen LogP) is 2.61. The van der Waals surface area contributed by atoms with Gasteiger partial charge in [0.25, 0.3) is 0 Å². The highest BCUT2D eigenvalue weighted by atomic mass is 35.5. The number of carboxylic acid groups (broad SMARTS) is 2. The Labute approximate surface area is 170 Å². The SMILES string of the molecule is O=C(O)C(=O)N[C@H](Cc1ccc(-c2cc(Cl)ccc2Cl)cc1)CC(O)C(=O)O. The number of rotatable bonds is 7. The van der Waals surface area contributed by atoms with Gasteiger partial charge in [-0.25, -0.2) is 9.59 Å². The zero-order valence-electron chi connectivity index (χ0n) is 14.4. The first kappa shape index (κ1) is 21.7. The van der Waals surface area contributed by atoms with Crippen LogP contribution < -0.4 is 5.32 Å². The van der Waals surface area contributed by atoms with Crippen LogP contribution >= 0.6 is 23.2 Å². The van der Waals surface area contributed by atoms with Gasteiger partial charge in [0.2, 0.25) is 0 Å². The second-order valence-electron chi connectivity index (χ2n) is 6.09. The van der Waals surface area contributed by atoms with Crippen molar-refractivity contribution in [2.75, 3.05) is 0 Å². The average molecular weight is 426 g/mol.